The van der Waals surface area contributed by atoms with Crippen LogP contribution in [0, 0.1) is 0 Å². The van der Waals surface area contributed by atoms with E-state index in [9.17, 15) is 13.2 Å². The molecule has 2 nitrogen and oxygen atoms in total. The molecule has 0 aromatic heterocycles. The summed E-state index contributed by atoms with van der Waals surface area (Å²) in [5.41, 5.74) is 4.97. The normalized spacial score (nSPS) is 17.3. The van der Waals surface area contributed by atoms with Gasteiger partial charge in [-0.05, 0) is 31.0 Å². The van der Waals surface area contributed by atoms with Crippen molar-refractivity contribution in [2.45, 2.75) is 50.7 Å². The van der Waals surface area contributed by atoms with Gasteiger partial charge < -0.3 is 11.1 Å². The summed E-state index contributed by atoms with van der Waals surface area (Å²) in [6, 6.07) is 4.32. The maximum absolute atomic E-state index is 13.1. The highest BCUT2D eigenvalue weighted by Gasteiger charge is 2.34. The van der Waals surface area contributed by atoms with Crippen LogP contribution >= 0.6 is 12.2 Å². The van der Waals surface area contributed by atoms with Gasteiger partial charge in [0, 0.05) is 17.3 Å². The van der Waals surface area contributed by atoms with Crippen LogP contribution in [0.5, 0.6) is 0 Å². The maximum Gasteiger partial charge on any atom is 0.417 e. The van der Waals surface area contributed by atoms with Crippen molar-refractivity contribution in [2.75, 3.05) is 5.32 Å². The zero-order chi connectivity index (χ0) is 15.5. The number of rotatable bonds is 3. The fourth-order valence-electron chi connectivity index (χ4n) is 2.74. The average Bonchev–Trinajstić information content (AvgIpc) is 2.66. The van der Waals surface area contributed by atoms with Crippen LogP contribution in [-0.4, -0.2) is 11.0 Å². The molecule has 0 bridgehead atoms. The molecule has 21 heavy (non-hydrogen) atoms. The fraction of sp³-hybridized carbons (Fsp3) is 0.533. The van der Waals surface area contributed by atoms with E-state index >= 15 is 0 Å². The van der Waals surface area contributed by atoms with Crippen LogP contribution in [0.4, 0.5) is 18.9 Å². The predicted molar refractivity (Wildman–Crippen MR) is 82.4 cm³/mol. The highest BCUT2D eigenvalue weighted by atomic mass is 32.1. The summed E-state index contributed by atoms with van der Waals surface area (Å²) in [5.74, 6) is 0. The van der Waals surface area contributed by atoms with Gasteiger partial charge in [-0.1, -0.05) is 37.9 Å². The number of benzene rings is 1. The molecule has 1 aliphatic carbocycles. The van der Waals surface area contributed by atoms with E-state index in [0.29, 0.717) is 5.69 Å². The minimum absolute atomic E-state index is 0.121. The van der Waals surface area contributed by atoms with Crippen molar-refractivity contribution < 1.29 is 13.2 Å². The number of alkyl halides is 3. The zero-order valence-corrected chi connectivity index (χ0v) is 12.5. The summed E-state index contributed by atoms with van der Waals surface area (Å²) in [6.07, 6.45) is 2.18. The molecule has 1 aromatic carbocycles. The second-order valence-electron chi connectivity index (χ2n) is 5.46. The molecule has 0 spiro atoms. The van der Waals surface area contributed by atoms with Crippen molar-refractivity contribution in [3.8, 4) is 0 Å². The van der Waals surface area contributed by atoms with Crippen LogP contribution in [0.1, 0.15) is 49.7 Å². The van der Waals surface area contributed by atoms with Crippen LogP contribution in [0.15, 0.2) is 18.2 Å². The summed E-state index contributed by atoms with van der Waals surface area (Å²) in [7, 11) is 0. The Morgan fingerprint density at radius 3 is 2.29 bits per heavy atom. The number of thiocarbonyl (C=S) groups is 1. The Hall–Kier alpha value is -1.30. The third kappa shape index (κ3) is 4.33. The van der Waals surface area contributed by atoms with E-state index in [4.69, 9.17) is 18.0 Å². The first-order valence-corrected chi connectivity index (χ1v) is 7.56. The highest BCUT2D eigenvalue weighted by molar-refractivity contribution is 7.80. The van der Waals surface area contributed by atoms with E-state index in [1.807, 2.05) is 0 Å². The van der Waals surface area contributed by atoms with E-state index < -0.39 is 11.7 Å². The molecule has 1 aromatic rings. The molecule has 116 valence electrons. The van der Waals surface area contributed by atoms with Crippen LogP contribution < -0.4 is 11.1 Å². The third-order valence-electron chi connectivity index (χ3n) is 3.82. The molecule has 0 heterocycles. The average molecular weight is 316 g/mol. The summed E-state index contributed by atoms with van der Waals surface area (Å²) in [4.78, 5) is -0.233. The van der Waals surface area contributed by atoms with Crippen LogP contribution in [0.25, 0.3) is 0 Å². The summed E-state index contributed by atoms with van der Waals surface area (Å²) in [6.45, 7) is 0. The van der Waals surface area contributed by atoms with E-state index in [-0.39, 0.29) is 16.6 Å². The lowest BCUT2D eigenvalue weighted by molar-refractivity contribution is -0.137. The molecular formula is C15H19F3N2S. The van der Waals surface area contributed by atoms with Crippen LogP contribution in [0.2, 0.25) is 0 Å². The molecule has 0 unspecified atom stereocenters. The lowest BCUT2D eigenvalue weighted by Gasteiger charge is -2.20. The standard InChI is InChI=1S/C15H19F3N2S/c16-15(17,18)13-9-11(7-8-12(13)14(19)21)20-10-5-3-1-2-4-6-10/h7-10,20H,1-6H2,(H2,19,21). The zero-order valence-electron chi connectivity index (χ0n) is 11.7. The van der Waals surface area contributed by atoms with Gasteiger partial charge in [0.1, 0.15) is 4.99 Å². The Labute approximate surface area is 127 Å². The Morgan fingerprint density at radius 1 is 1.14 bits per heavy atom. The largest absolute Gasteiger partial charge is 0.417 e. The monoisotopic (exact) mass is 316 g/mol. The number of nitrogens with two attached hydrogens (primary N) is 1. The minimum Gasteiger partial charge on any atom is -0.389 e. The summed E-state index contributed by atoms with van der Waals surface area (Å²) in [5, 5.41) is 3.22. The molecule has 1 saturated carbocycles. The minimum atomic E-state index is -4.46. The van der Waals surface area contributed by atoms with Crippen molar-refractivity contribution in [2.24, 2.45) is 5.73 Å². The van der Waals surface area contributed by atoms with Crippen molar-refractivity contribution in [3.05, 3.63) is 29.3 Å². The molecule has 2 rings (SSSR count). The smallest absolute Gasteiger partial charge is 0.389 e. The molecule has 1 aliphatic rings. The van der Waals surface area contributed by atoms with Gasteiger partial charge in [0.05, 0.1) is 5.56 Å². The first-order chi connectivity index (χ1) is 9.88. The third-order valence-corrected chi connectivity index (χ3v) is 4.04. The number of halogens is 3. The Morgan fingerprint density at radius 2 is 1.76 bits per heavy atom. The Kier molecular flexibility index (Phi) is 5.08. The quantitative estimate of drug-likeness (QED) is 0.638. The second kappa shape index (κ2) is 6.64. The summed E-state index contributed by atoms with van der Waals surface area (Å²) < 4.78 is 39.3. The van der Waals surface area contributed by atoms with Gasteiger partial charge in [0.2, 0.25) is 0 Å². The highest BCUT2D eigenvalue weighted by Crippen LogP contribution is 2.34. The number of hydrogen-bond donors (Lipinski definition) is 2. The van der Waals surface area contributed by atoms with Crippen LogP contribution in [-0.2, 0) is 6.18 Å². The van der Waals surface area contributed by atoms with Gasteiger partial charge in [-0.25, -0.2) is 0 Å². The van der Waals surface area contributed by atoms with E-state index in [2.05, 4.69) is 5.32 Å². The lowest BCUT2D eigenvalue weighted by Crippen LogP contribution is -2.21. The summed E-state index contributed by atoms with van der Waals surface area (Å²) >= 11 is 4.70. The van der Waals surface area contributed by atoms with Gasteiger partial charge >= 0.3 is 6.18 Å². The molecule has 3 N–H and O–H groups in total. The first-order valence-electron chi connectivity index (χ1n) is 7.15. The predicted octanol–water partition coefficient (Wildman–Crippen LogP) is 4.47. The van der Waals surface area contributed by atoms with Gasteiger partial charge in [0.15, 0.2) is 0 Å². The van der Waals surface area contributed by atoms with Gasteiger partial charge in [-0.15, -0.1) is 0 Å². The van der Waals surface area contributed by atoms with Crippen molar-refractivity contribution in [1.29, 1.82) is 0 Å². The maximum atomic E-state index is 13.1. The van der Waals surface area contributed by atoms with Gasteiger partial charge in [0.25, 0.3) is 0 Å². The molecule has 0 saturated heterocycles. The van der Waals surface area contributed by atoms with Crippen molar-refractivity contribution in [3.63, 3.8) is 0 Å². The molecule has 1 fully saturated rings. The molecule has 0 amide bonds. The van der Waals surface area contributed by atoms with E-state index in [1.165, 1.54) is 18.9 Å². The lowest BCUT2D eigenvalue weighted by atomic mass is 10.0. The first kappa shape index (κ1) is 16.1. The second-order valence-corrected chi connectivity index (χ2v) is 5.90. The SMILES string of the molecule is NC(=S)c1ccc(NC2CCCCCC2)cc1C(F)(F)F. The van der Waals surface area contributed by atoms with Crippen molar-refractivity contribution >= 4 is 22.9 Å². The fourth-order valence-corrected chi connectivity index (χ4v) is 2.92. The van der Waals surface area contributed by atoms with Crippen molar-refractivity contribution in [1.82, 2.24) is 0 Å². The Balaban J connectivity index is 2.22. The molecule has 6 heteroatoms. The Bertz CT molecular complexity index is 506. The molecular weight excluding hydrogens is 297 g/mol. The molecule has 0 aliphatic heterocycles. The number of nitrogens with one attached hydrogen (secondary N) is 1. The molecule has 0 atom stereocenters. The molecule has 0 radical (unpaired) electrons. The van der Waals surface area contributed by atoms with Gasteiger partial charge in [-0.3, -0.25) is 0 Å². The topological polar surface area (TPSA) is 38.0 Å². The van der Waals surface area contributed by atoms with Gasteiger partial charge in [-0.2, -0.15) is 13.2 Å². The van der Waals surface area contributed by atoms with Crippen LogP contribution in [0.3, 0.4) is 0 Å². The number of hydrogen-bond acceptors (Lipinski definition) is 2. The van der Waals surface area contributed by atoms with E-state index in [1.54, 1.807) is 6.07 Å². The van der Waals surface area contributed by atoms with E-state index in [0.717, 1.165) is 31.7 Å². The number of anilines is 1.